The quantitative estimate of drug-likeness (QED) is 0.171. The molecule has 12 heteroatoms. The van der Waals surface area contributed by atoms with E-state index in [9.17, 15) is 18.0 Å². The number of carbonyl (C=O) groups is 1. The molecule has 1 aliphatic rings. The number of carbonyl (C=O) groups excluding carboxylic acids is 1. The lowest BCUT2D eigenvalue weighted by Crippen LogP contribution is -2.26. The first-order valence-electron chi connectivity index (χ1n) is 12.1. The average molecular weight is 575 g/mol. The number of thioether (sulfide) groups is 1. The number of hydrogen-bond acceptors (Lipinski definition) is 8. The molecular weight excluding hydrogens is 552 g/mol. The van der Waals surface area contributed by atoms with Crippen molar-refractivity contribution in [2.45, 2.75) is 16.6 Å². The van der Waals surface area contributed by atoms with E-state index in [1.807, 2.05) is 42.5 Å². The number of primary sulfonamides is 1. The predicted octanol–water partition coefficient (Wildman–Crippen LogP) is 3.32. The summed E-state index contributed by atoms with van der Waals surface area (Å²) in [5.74, 6) is 1.03. The van der Waals surface area contributed by atoms with E-state index in [1.165, 1.54) is 28.8 Å². The summed E-state index contributed by atoms with van der Waals surface area (Å²) >= 11 is 1.10. The largest absolute Gasteiger partial charge is 0.454 e. The molecule has 0 saturated carbocycles. The zero-order valence-corrected chi connectivity index (χ0v) is 22.5. The molecule has 1 aromatic heterocycles. The van der Waals surface area contributed by atoms with Crippen molar-refractivity contribution >= 4 is 49.4 Å². The number of fused-ring (bicyclic) bond motifs is 3. The van der Waals surface area contributed by atoms with Crippen LogP contribution in [0.1, 0.15) is 5.56 Å². The maximum atomic E-state index is 13.8. The van der Waals surface area contributed by atoms with Crippen molar-refractivity contribution in [3.63, 3.8) is 0 Å². The van der Waals surface area contributed by atoms with Crippen LogP contribution < -0.4 is 25.5 Å². The number of amides is 1. The zero-order valence-electron chi connectivity index (χ0n) is 20.9. The van der Waals surface area contributed by atoms with Gasteiger partial charge in [0.15, 0.2) is 16.7 Å². The van der Waals surface area contributed by atoms with E-state index in [2.05, 4.69) is 5.32 Å². The van der Waals surface area contributed by atoms with Gasteiger partial charge in [-0.25, -0.2) is 18.5 Å². The van der Waals surface area contributed by atoms with Crippen LogP contribution >= 0.6 is 11.8 Å². The Morgan fingerprint density at radius 2 is 1.70 bits per heavy atom. The summed E-state index contributed by atoms with van der Waals surface area (Å²) in [6, 6.07) is 22.3. The van der Waals surface area contributed by atoms with Crippen LogP contribution in [0.25, 0.3) is 27.4 Å². The average Bonchev–Trinajstić information content (AvgIpc) is 3.42. The van der Waals surface area contributed by atoms with Gasteiger partial charge in [-0.1, -0.05) is 42.1 Å². The van der Waals surface area contributed by atoms with Gasteiger partial charge in [-0.15, -0.1) is 0 Å². The molecule has 0 bridgehead atoms. The highest BCUT2D eigenvalue weighted by molar-refractivity contribution is 7.99. The third-order valence-electron chi connectivity index (χ3n) is 6.39. The minimum absolute atomic E-state index is 0.00859. The fraction of sp³-hybridized carbons (Fsp3) is 0.107. The molecule has 0 fully saturated rings. The Morgan fingerprint density at radius 3 is 2.45 bits per heavy atom. The number of benzene rings is 4. The van der Waals surface area contributed by atoms with Crippen LogP contribution in [-0.2, 0) is 21.4 Å². The first kappa shape index (κ1) is 25.9. The van der Waals surface area contributed by atoms with E-state index in [4.69, 9.17) is 19.6 Å². The lowest BCUT2D eigenvalue weighted by molar-refractivity contribution is -0.118. The van der Waals surface area contributed by atoms with E-state index in [0.29, 0.717) is 28.1 Å². The summed E-state index contributed by atoms with van der Waals surface area (Å²) in [6.45, 7) is 0.456. The lowest BCUT2D eigenvalue weighted by Gasteiger charge is -2.14. The molecule has 10 nitrogen and oxygen atoms in total. The van der Waals surface area contributed by atoms with Crippen LogP contribution in [0.3, 0.4) is 0 Å². The Kier molecular flexibility index (Phi) is 6.66. The second-order valence-corrected chi connectivity index (χ2v) is 11.5. The monoisotopic (exact) mass is 574 g/mol. The third kappa shape index (κ3) is 5.11. The third-order valence-corrected chi connectivity index (χ3v) is 8.26. The number of nitrogens with two attached hydrogens (primary N) is 1. The summed E-state index contributed by atoms with van der Waals surface area (Å²) in [5, 5.41) is 10.6. The Bertz CT molecular complexity index is 1960. The van der Waals surface area contributed by atoms with Gasteiger partial charge in [0.05, 0.1) is 27.2 Å². The van der Waals surface area contributed by atoms with Gasteiger partial charge in [-0.05, 0) is 64.9 Å². The van der Waals surface area contributed by atoms with Crippen molar-refractivity contribution in [2.24, 2.45) is 5.14 Å². The van der Waals surface area contributed by atoms with Crippen LogP contribution in [-0.4, -0.2) is 36.4 Å². The minimum atomic E-state index is -3.91. The molecule has 0 saturated heterocycles. The number of rotatable bonds is 7. The summed E-state index contributed by atoms with van der Waals surface area (Å²) < 4.78 is 35.6. The molecule has 1 aliphatic heterocycles. The van der Waals surface area contributed by atoms with Crippen molar-refractivity contribution < 1.29 is 22.7 Å². The second kappa shape index (κ2) is 10.3. The Labute approximate surface area is 232 Å². The molecule has 1 amide bonds. The standard InChI is InChI=1S/C28H22N4O6S2/c29-40(35,36)21-8-6-20(7-9-21)32-27(34)22-12-18-3-1-2-4-19(18)13-23(22)31-28(32)39-15-26(33)30-14-17-5-10-24-25(11-17)38-16-37-24/h1-13H,14-16H2,(H,30,33)(H2,29,35,36). The normalized spacial score (nSPS) is 12.6. The Hall–Kier alpha value is -4.39. The van der Waals surface area contributed by atoms with Gasteiger partial charge < -0.3 is 14.8 Å². The Morgan fingerprint density at radius 1 is 0.975 bits per heavy atom. The maximum Gasteiger partial charge on any atom is 0.266 e. The van der Waals surface area contributed by atoms with Crippen molar-refractivity contribution in [2.75, 3.05) is 12.5 Å². The van der Waals surface area contributed by atoms with Gasteiger partial charge in [-0.2, -0.15) is 0 Å². The van der Waals surface area contributed by atoms with Gasteiger partial charge in [0, 0.05) is 6.54 Å². The molecule has 3 N–H and O–H groups in total. The van der Waals surface area contributed by atoms with Gasteiger partial charge in [0.25, 0.3) is 5.56 Å². The van der Waals surface area contributed by atoms with Gasteiger partial charge >= 0.3 is 0 Å². The molecule has 2 heterocycles. The maximum absolute atomic E-state index is 13.8. The number of hydrogen-bond donors (Lipinski definition) is 2. The smallest absolute Gasteiger partial charge is 0.266 e. The SMILES string of the molecule is NS(=O)(=O)c1ccc(-n2c(SCC(=O)NCc3ccc4c(c3)OCO4)nc3cc4ccccc4cc3c2=O)cc1. The molecule has 202 valence electrons. The molecule has 0 atom stereocenters. The fourth-order valence-electron chi connectivity index (χ4n) is 4.39. The van der Waals surface area contributed by atoms with Crippen LogP contribution in [0.4, 0.5) is 0 Å². The fourth-order valence-corrected chi connectivity index (χ4v) is 5.75. The van der Waals surface area contributed by atoms with E-state index in [1.54, 1.807) is 12.1 Å². The van der Waals surface area contributed by atoms with Gasteiger partial charge in [0.1, 0.15) is 0 Å². The lowest BCUT2D eigenvalue weighted by atomic mass is 10.1. The number of sulfonamides is 1. The van der Waals surface area contributed by atoms with Crippen molar-refractivity contribution in [1.29, 1.82) is 0 Å². The minimum Gasteiger partial charge on any atom is -0.454 e. The number of nitrogens with one attached hydrogen (secondary N) is 1. The molecular formula is C28H22N4O6S2. The summed E-state index contributed by atoms with van der Waals surface area (Å²) in [4.78, 5) is 31.2. The van der Waals surface area contributed by atoms with E-state index < -0.39 is 10.0 Å². The first-order chi connectivity index (χ1) is 19.3. The topological polar surface area (TPSA) is 143 Å². The van der Waals surface area contributed by atoms with E-state index in [0.717, 1.165) is 28.1 Å². The molecule has 40 heavy (non-hydrogen) atoms. The number of nitrogens with zero attached hydrogens (tertiary/aromatic N) is 2. The molecule has 0 unspecified atom stereocenters. The van der Waals surface area contributed by atoms with E-state index >= 15 is 0 Å². The van der Waals surface area contributed by atoms with Crippen LogP contribution in [0.5, 0.6) is 11.5 Å². The predicted molar refractivity (Wildman–Crippen MR) is 151 cm³/mol. The number of ether oxygens (including phenoxy) is 2. The second-order valence-electron chi connectivity index (χ2n) is 9.04. The number of aromatic nitrogens is 2. The van der Waals surface area contributed by atoms with Crippen molar-refractivity contribution in [3.8, 4) is 17.2 Å². The highest BCUT2D eigenvalue weighted by atomic mass is 32.2. The van der Waals surface area contributed by atoms with Crippen LogP contribution in [0.15, 0.2) is 93.7 Å². The molecule has 0 aliphatic carbocycles. The summed E-state index contributed by atoms with van der Waals surface area (Å²) in [6.07, 6.45) is 0. The van der Waals surface area contributed by atoms with Gasteiger partial charge in [0.2, 0.25) is 22.7 Å². The van der Waals surface area contributed by atoms with Crippen LogP contribution in [0, 0.1) is 0 Å². The molecule has 6 rings (SSSR count). The molecule has 4 aromatic carbocycles. The molecule has 0 spiro atoms. The summed E-state index contributed by atoms with van der Waals surface area (Å²) in [7, 11) is -3.91. The van der Waals surface area contributed by atoms with Gasteiger partial charge in [-0.3, -0.25) is 14.2 Å². The zero-order chi connectivity index (χ0) is 27.9. The molecule has 5 aromatic rings. The van der Waals surface area contributed by atoms with Crippen LogP contribution in [0.2, 0.25) is 0 Å². The summed E-state index contributed by atoms with van der Waals surface area (Å²) in [5.41, 5.74) is 1.39. The first-order valence-corrected chi connectivity index (χ1v) is 14.7. The van der Waals surface area contributed by atoms with Crippen molar-refractivity contribution in [3.05, 3.63) is 94.8 Å². The highest BCUT2D eigenvalue weighted by Crippen LogP contribution is 2.32. The molecule has 0 radical (unpaired) electrons. The Balaban J connectivity index is 1.32. The van der Waals surface area contributed by atoms with Crippen molar-refractivity contribution in [1.82, 2.24) is 14.9 Å². The van der Waals surface area contributed by atoms with E-state index in [-0.39, 0.29) is 40.6 Å². The highest BCUT2D eigenvalue weighted by Gasteiger charge is 2.18.